The third-order valence-electron chi connectivity index (χ3n) is 2.63. The zero-order chi connectivity index (χ0) is 14.0. The second kappa shape index (κ2) is 4.90. The average Bonchev–Trinajstić information content (AvgIpc) is 2.63. The highest BCUT2D eigenvalue weighted by atomic mass is 19.1. The number of fused-ring (bicyclic) bond motifs is 1. The van der Waals surface area contributed by atoms with Crippen molar-refractivity contribution in [3.63, 3.8) is 0 Å². The molecule has 0 aromatic heterocycles. The molecule has 5 nitrogen and oxygen atoms in total. The van der Waals surface area contributed by atoms with E-state index in [1.807, 2.05) is 0 Å². The molecule has 6 heteroatoms. The first-order chi connectivity index (χ1) is 9.06. The van der Waals surface area contributed by atoms with Crippen molar-refractivity contribution in [3.8, 4) is 12.3 Å². The maximum Gasteiger partial charge on any atom is 0.300 e. The molecule has 0 bridgehead atoms. The fourth-order valence-electron chi connectivity index (χ4n) is 1.81. The van der Waals surface area contributed by atoms with Gasteiger partial charge in [-0.15, -0.1) is 6.42 Å². The molecule has 19 heavy (non-hydrogen) atoms. The largest absolute Gasteiger partial charge is 0.344 e. The van der Waals surface area contributed by atoms with Crippen LogP contribution < -0.4 is 10.2 Å². The summed E-state index contributed by atoms with van der Waals surface area (Å²) in [6.45, 7) is -0.445. The smallest absolute Gasteiger partial charge is 0.300 e. The Balaban J connectivity index is 2.29. The number of Topliss-reactive ketones (excluding diaryl/α,β-unsaturated/α-hetero) is 1. The summed E-state index contributed by atoms with van der Waals surface area (Å²) >= 11 is 0. The predicted molar refractivity (Wildman–Crippen MR) is 64.9 cm³/mol. The van der Waals surface area contributed by atoms with Crippen molar-refractivity contribution < 1.29 is 18.8 Å². The van der Waals surface area contributed by atoms with Crippen LogP contribution in [0.3, 0.4) is 0 Å². The number of para-hydroxylation sites is 1. The number of halogens is 1. The van der Waals surface area contributed by atoms with Gasteiger partial charge in [0.15, 0.2) is 0 Å². The minimum absolute atomic E-state index is 0.00105. The van der Waals surface area contributed by atoms with E-state index < -0.39 is 30.0 Å². The monoisotopic (exact) mass is 260 g/mol. The molecule has 0 saturated carbocycles. The van der Waals surface area contributed by atoms with Gasteiger partial charge in [0, 0.05) is 0 Å². The zero-order valence-electron chi connectivity index (χ0n) is 9.77. The van der Waals surface area contributed by atoms with E-state index in [2.05, 4.69) is 11.2 Å². The van der Waals surface area contributed by atoms with Crippen molar-refractivity contribution >= 4 is 23.3 Å². The lowest BCUT2D eigenvalue weighted by atomic mass is 10.1. The summed E-state index contributed by atoms with van der Waals surface area (Å²) in [7, 11) is 0. The predicted octanol–water partition coefficient (Wildman–Crippen LogP) is 0.104. The van der Waals surface area contributed by atoms with E-state index in [9.17, 15) is 18.8 Å². The second-order valence-electron chi connectivity index (χ2n) is 3.84. The molecule has 0 spiro atoms. The number of rotatable bonds is 3. The lowest BCUT2D eigenvalue weighted by Crippen LogP contribution is -2.40. The Kier molecular flexibility index (Phi) is 3.29. The molecule has 0 fully saturated rings. The standard InChI is InChI=1S/C13H9FN2O3/c1-2-6-15-10(17)7-16-11-8(12(18)13(16)19)4-3-5-9(11)14/h1,3-5H,6-7H2,(H,15,17). The van der Waals surface area contributed by atoms with E-state index in [-0.39, 0.29) is 17.8 Å². The lowest BCUT2D eigenvalue weighted by Gasteiger charge is -2.15. The Morgan fingerprint density at radius 2 is 2.16 bits per heavy atom. The first-order valence-corrected chi connectivity index (χ1v) is 5.41. The van der Waals surface area contributed by atoms with Gasteiger partial charge in [0.2, 0.25) is 5.91 Å². The van der Waals surface area contributed by atoms with Gasteiger partial charge in [-0.2, -0.15) is 0 Å². The highest BCUT2D eigenvalue weighted by Gasteiger charge is 2.38. The van der Waals surface area contributed by atoms with Crippen LogP contribution in [-0.2, 0) is 9.59 Å². The van der Waals surface area contributed by atoms with Crippen LogP contribution in [0, 0.1) is 18.2 Å². The third-order valence-corrected chi connectivity index (χ3v) is 2.63. The molecule has 0 atom stereocenters. The van der Waals surface area contributed by atoms with Crippen molar-refractivity contribution in [1.82, 2.24) is 5.32 Å². The third kappa shape index (κ3) is 2.18. The highest BCUT2D eigenvalue weighted by molar-refractivity contribution is 6.52. The molecule has 1 aromatic carbocycles. The Morgan fingerprint density at radius 1 is 1.42 bits per heavy atom. The fraction of sp³-hybridized carbons (Fsp3) is 0.154. The number of ketones is 1. The maximum absolute atomic E-state index is 13.7. The summed E-state index contributed by atoms with van der Waals surface area (Å²) in [4.78, 5) is 35.7. The number of carbonyl (C=O) groups excluding carboxylic acids is 3. The van der Waals surface area contributed by atoms with Gasteiger partial charge in [-0.3, -0.25) is 19.3 Å². The quantitative estimate of drug-likeness (QED) is 0.619. The van der Waals surface area contributed by atoms with Crippen LogP contribution in [0.2, 0.25) is 0 Å². The number of terminal acetylenes is 1. The molecule has 0 unspecified atom stereocenters. The number of hydrogen-bond donors (Lipinski definition) is 1. The van der Waals surface area contributed by atoms with E-state index in [0.717, 1.165) is 11.0 Å². The molecule has 1 N–H and O–H groups in total. The van der Waals surface area contributed by atoms with Gasteiger partial charge < -0.3 is 5.32 Å². The molecule has 1 aliphatic heterocycles. The normalized spacial score (nSPS) is 13.2. The molecule has 96 valence electrons. The first-order valence-electron chi connectivity index (χ1n) is 5.41. The molecule has 0 saturated heterocycles. The molecule has 1 heterocycles. The fourth-order valence-corrected chi connectivity index (χ4v) is 1.81. The van der Waals surface area contributed by atoms with Gasteiger partial charge >= 0.3 is 0 Å². The molecule has 0 aliphatic carbocycles. The van der Waals surface area contributed by atoms with Crippen LogP contribution in [-0.4, -0.2) is 30.7 Å². The van der Waals surface area contributed by atoms with Crippen molar-refractivity contribution in [2.45, 2.75) is 0 Å². The first kappa shape index (κ1) is 12.8. The number of nitrogens with one attached hydrogen (secondary N) is 1. The number of benzene rings is 1. The van der Waals surface area contributed by atoms with Crippen molar-refractivity contribution in [3.05, 3.63) is 29.6 Å². The molecule has 2 amide bonds. The molecule has 2 rings (SSSR count). The van der Waals surface area contributed by atoms with Gasteiger partial charge in [0.1, 0.15) is 12.4 Å². The van der Waals surface area contributed by atoms with Crippen molar-refractivity contribution in [2.24, 2.45) is 0 Å². The number of anilines is 1. The molecule has 0 radical (unpaired) electrons. The summed E-state index contributed by atoms with van der Waals surface area (Å²) in [5, 5.41) is 2.34. The Bertz CT molecular complexity index is 619. The number of amides is 2. The van der Waals surface area contributed by atoms with Gasteiger partial charge in [0.05, 0.1) is 17.8 Å². The number of hydrogen-bond acceptors (Lipinski definition) is 3. The van der Waals surface area contributed by atoms with Crippen LogP contribution in [0.1, 0.15) is 10.4 Å². The van der Waals surface area contributed by atoms with Gasteiger partial charge in [-0.25, -0.2) is 4.39 Å². The van der Waals surface area contributed by atoms with Gasteiger partial charge in [-0.05, 0) is 12.1 Å². The van der Waals surface area contributed by atoms with E-state index in [4.69, 9.17) is 6.42 Å². The van der Waals surface area contributed by atoms with Gasteiger partial charge in [0.25, 0.3) is 11.7 Å². The minimum atomic E-state index is -0.920. The number of carbonyl (C=O) groups is 3. The molecular formula is C13H9FN2O3. The highest BCUT2D eigenvalue weighted by Crippen LogP contribution is 2.31. The summed E-state index contributed by atoms with van der Waals surface area (Å²) in [5.74, 6) is -0.824. The average molecular weight is 260 g/mol. The SMILES string of the molecule is C#CCNC(=O)CN1C(=O)C(=O)c2cccc(F)c21. The van der Waals surface area contributed by atoms with Crippen molar-refractivity contribution in [1.29, 1.82) is 0 Å². The minimum Gasteiger partial charge on any atom is -0.344 e. The van der Waals surface area contributed by atoms with Gasteiger partial charge in [-0.1, -0.05) is 12.0 Å². The summed E-state index contributed by atoms with van der Waals surface area (Å²) < 4.78 is 13.7. The Labute approximate surface area is 108 Å². The van der Waals surface area contributed by atoms with Crippen LogP contribution in [0.4, 0.5) is 10.1 Å². The molecular weight excluding hydrogens is 251 g/mol. The van der Waals surface area contributed by atoms with Crippen molar-refractivity contribution in [2.75, 3.05) is 18.0 Å². The van der Waals surface area contributed by atoms with E-state index in [1.165, 1.54) is 12.1 Å². The lowest BCUT2D eigenvalue weighted by molar-refractivity contribution is -0.121. The summed E-state index contributed by atoms with van der Waals surface area (Å²) in [6, 6.07) is 3.80. The molecule has 1 aliphatic rings. The van der Waals surface area contributed by atoms with E-state index >= 15 is 0 Å². The Hall–Kier alpha value is -2.68. The topological polar surface area (TPSA) is 66.5 Å². The zero-order valence-corrected chi connectivity index (χ0v) is 9.77. The van der Waals surface area contributed by atoms with Crippen LogP contribution >= 0.6 is 0 Å². The van der Waals surface area contributed by atoms with Crippen LogP contribution in [0.5, 0.6) is 0 Å². The van der Waals surface area contributed by atoms with Crippen LogP contribution in [0.15, 0.2) is 18.2 Å². The van der Waals surface area contributed by atoms with Crippen LogP contribution in [0.25, 0.3) is 0 Å². The summed E-state index contributed by atoms with van der Waals surface area (Å²) in [5.41, 5.74) is -0.192. The molecule has 1 aromatic rings. The second-order valence-corrected chi connectivity index (χ2v) is 3.84. The summed E-state index contributed by atoms with van der Waals surface area (Å²) in [6.07, 6.45) is 4.98. The van der Waals surface area contributed by atoms with E-state index in [0.29, 0.717) is 0 Å². The van der Waals surface area contributed by atoms with E-state index in [1.54, 1.807) is 0 Å². The Morgan fingerprint density at radius 3 is 2.84 bits per heavy atom. The number of nitrogens with zero attached hydrogens (tertiary/aromatic N) is 1. The maximum atomic E-state index is 13.7.